The monoisotopic (exact) mass is 190 g/mol. The fourth-order valence-corrected chi connectivity index (χ4v) is 1.30. The van der Waals surface area contributed by atoms with E-state index in [0.717, 1.165) is 43.1 Å². The van der Waals surface area contributed by atoms with E-state index in [4.69, 9.17) is 13.9 Å². The molecule has 0 bridgehead atoms. The summed E-state index contributed by atoms with van der Waals surface area (Å²) in [4.78, 5) is 0. The Morgan fingerprint density at radius 1 is 1.67 bits per heavy atom. The summed E-state index contributed by atoms with van der Waals surface area (Å²) in [5.74, 6) is 0. The first-order valence-corrected chi connectivity index (χ1v) is 5.40. The van der Waals surface area contributed by atoms with Gasteiger partial charge in [-0.1, -0.05) is 6.92 Å². The van der Waals surface area contributed by atoms with Crippen molar-refractivity contribution in [2.45, 2.75) is 32.0 Å². The molecule has 0 spiro atoms. The summed E-state index contributed by atoms with van der Waals surface area (Å²) in [6.07, 6.45) is 2.84. The second-order valence-corrected chi connectivity index (χ2v) is 3.68. The quantitative estimate of drug-likeness (QED) is 0.414. The lowest BCUT2D eigenvalue weighted by molar-refractivity contribution is 0.0275. The lowest BCUT2D eigenvalue weighted by Crippen LogP contribution is -2.17. The molecular weight excluding hydrogens is 172 g/mol. The van der Waals surface area contributed by atoms with Crippen molar-refractivity contribution >= 4 is 10.5 Å². The standard InChI is InChI=1S/C8H18O3Si/c1-2-7(3-4-11-12)9-5-8-6-10-8/h7-8H,2-6H2,1,12H3. The van der Waals surface area contributed by atoms with E-state index in [2.05, 4.69) is 6.92 Å². The molecule has 3 nitrogen and oxygen atoms in total. The Morgan fingerprint density at radius 3 is 2.92 bits per heavy atom. The van der Waals surface area contributed by atoms with Crippen molar-refractivity contribution in [3.8, 4) is 0 Å². The van der Waals surface area contributed by atoms with Gasteiger partial charge in [-0.3, -0.25) is 0 Å². The van der Waals surface area contributed by atoms with Gasteiger partial charge in [0.05, 0.1) is 19.3 Å². The Balaban J connectivity index is 1.98. The van der Waals surface area contributed by atoms with Crippen LogP contribution in [0.1, 0.15) is 19.8 Å². The van der Waals surface area contributed by atoms with Crippen LogP contribution in [0.4, 0.5) is 0 Å². The van der Waals surface area contributed by atoms with Crippen LogP contribution in [0.3, 0.4) is 0 Å². The summed E-state index contributed by atoms with van der Waals surface area (Å²) < 4.78 is 15.8. The van der Waals surface area contributed by atoms with Gasteiger partial charge < -0.3 is 13.9 Å². The minimum Gasteiger partial charge on any atom is -0.428 e. The molecule has 1 saturated heterocycles. The number of ether oxygens (including phenoxy) is 2. The van der Waals surface area contributed by atoms with Crippen LogP contribution in [0.5, 0.6) is 0 Å². The molecule has 1 fully saturated rings. The molecule has 0 aromatic carbocycles. The minimum absolute atomic E-state index is 0.364. The molecule has 0 amide bonds. The molecule has 0 N–H and O–H groups in total. The van der Waals surface area contributed by atoms with Gasteiger partial charge in [-0.05, 0) is 12.8 Å². The van der Waals surface area contributed by atoms with Gasteiger partial charge in [0, 0.05) is 6.61 Å². The van der Waals surface area contributed by atoms with Gasteiger partial charge in [-0.15, -0.1) is 0 Å². The predicted molar refractivity (Wildman–Crippen MR) is 50.3 cm³/mol. The molecule has 1 heterocycles. The van der Waals surface area contributed by atoms with Gasteiger partial charge in [-0.2, -0.15) is 0 Å². The first kappa shape index (κ1) is 10.2. The van der Waals surface area contributed by atoms with Crippen molar-refractivity contribution in [2.75, 3.05) is 19.8 Å². The van der Waals surface area contributed by atoms with Gasteiger partial charge >= 0.3 is 0 Å². The molecule has 0 radical (unpaired) electrons. The van der Waals surface area contributed by atoms with Crippen molar-refractivity contribution in [1.29, 1.82) is 0 Å². The van der Waals surface area contributed by atoms with E-state index in [-0.39, 0.29) is 0 Å². The highest BCUT2D eigenvalue weighted by Crippen LogP contribution is 2.12. The topological polar surface area (TPSA) is 31.0 Å². The maximum absolute atomic E-state index is 5.63. The number of rotatable bonds is 7. The van der Waals surface area contributed by atoms with Gasteiger partial charge in [0.1, 0.15) is 16.6 Å². The molecular formula is C8H18O3Si. The summed E-state index contributed by atoms with van der Waals surface area (Å²) in [5.41, 5.74) is 0. The van der Waals surface area contributed by atoms with E-state index in [1.54, 1.807) is 0 Å². The molecule has 1 aliphatic rings. The lowest BCUT2D eigenvalue weighted by Gasteiger charge is -2.14. The molecule has 0 aliphatic carbocycles. The summed E-state index contributed by atoms with van der Waals surface area (Å²) in [7, 11) is 0.830. The van der Waals surface area contributed by atoms with Crippen LogP contribution in [0.15, 0.2) is 0 Å². The van der Waals surface area contributed by atoms with Crippen LogP contribution >= 0.6 is 0 Å². The Labute approximate surface area is 76.9 Å². The van der Waals surface area contributed by atoms with Crippen LogP contribution in [0.2, 0.25) is 0 Å². The third-order valence-electron chi connectivity index (χ3n) is 2.02. The minimum atomic E-state index is 0.364. The summed E-state index contributed by atoms with van der Waals surface area (Å²) in [6.45, 7) is 4.63. The molecule has 2 atom stereocenters. The second kappa shape index (κ2) is 5.69. The Kier molecular flexibility index (Phi) is 4.83. The first-order chi connectivity index (χ1) is 5.86. The number of hydrogen-bond acceptors (Lipinski definition) is 3. The van der Waals surface area contributed by atoms with Gasteiger partial charge in [0.25, 0.3) is 0 Å². The molecule has 0 saturated carbocycles. The van der Waals surface area contributed by atoms with E-state index in [1.807, 2.05) is 0 Å². The van der Waals surface area contributed by atoms with Crippen molar-refractivity contribution in [3.63, 3.8) is 0 Å². The molecule has 72 valence electrons. The fraction of sp³-hybridized carbons (Fsp3) is 1.00. The van der Waals surface area contributed by atoms with Gasteiger partial charge in [0.15, 0.2) is 0 Å². The first-order valence-electron chi connectivity index (χ1n) is 4.59. The number of epoxide rings is 1. The lowest BCUT2D eigenvalue weighted by atomic mass is 10.2. The van der Waals surface area contributed by atoms with E-state index in [0.29, 0.717) is 12.2 Å². The Bertz CT molecular complexity index is 117. The van der Waals surface area contributed by atoms with Crippen LogP contribution in [-0.2, 0) is 13.9 Å². The predicted octanol–water partition coefficient (Wildman–Crippen LogP) is -0.133. The maximum atomic E-state index is 5.63. The van der Waals surface area contributed by atoms with Crippen LogP contribution < -0.4 is 0 Å². The average molecular weight is 190 g/mol. The molecule has 1 rings (SSSR count). The zero-order valence-electron chi connectivity index (χ0n) is 7.91. The van der Waals surface area contributed by atoms with Crippen LogP contribution in [-0.4, -0.2) is 42.5 Å². The third-order valence-corrected chi connectivity index (χ3v) is 2.43. The fourth-order valence-electron chi connectivity index (χ4n) is 1.06. The highest BCUT2D eigenvalue weighted by molar-refractivity contribution is 5.97. The van der Waals surface area contributed by atoms with Crippen molar-refractivity contribution in [2.24, 2.45) is 0 Å². The van der Waals surface area contributed by atoms with E-state index >= 15 is 0 Å². The van der Waals surface area contributed by atoms with Crippen LogP contribution in [0.25, 0.3) is 0 Å². The zero-order chi connectivity index (χ0) is 8.81. The summed E-state index contributed by atoms with van der Waals surface area (Å²) in [6, 6.07) is 0. The largest absolute Gasteiger partial charge is 0.428 e. The average Bonchev–Trinajstić information content (AvgIpc) is 2.89. The van der Waals surface area contributed by atoms with E-state index in [9.17, 15) is 0 Å². The number of hydrogen-bond donors (Lipinski definition) is 0. The SMILES string of the molecule is CCC(CCO[SiH3])OCC1CO1. The molecule has 1 aliphatic heterocycles. The molecule has 0 aromatic heterocycles. The van der Waals surface area contributed by atoms with Crippen LogP contribution in [0, 0.1) is 0 Å². The second-order valence-electron chi connectivity index (χ2n) is 3.10. The Hall–Kier alpha value is 0.0969. The maximum Gasteiger partial charge on any atom is 0.145 e. The highest BCUT2D eigenvalue weighted by atomic mass is 28.2. The van der Waals surface area contributed by atoms with Crippen molar-refractivity contribution < 1.29 is 13.9 Å². The zero-order valence-corrected chi connectivity index (χ0v) is 9.91. The third kappa shape index (κ3) is 4.20. The van der Waals surface area contributed by atoms with Crippen molar-refractivity contribution in [3.05, 3.63) is 0 Å². The normalized spacial score (nSPS) is 24.2. The molecule has 0 aromatic rings. The molecule has 12 heavy (non-hydrogen) atoms. The smallest absolute Gasteiger partial charge is 0.145 e. The summed E-state index contributed by atoms with van der Waals surface area (Å²) in [5, 5.41) is 0. The van der Waals surface area contributed by atoms with Crippen molar-refractivity contribution in [1.82, 2.24) is 0 Å². The molecule has 4 heteroatoms. The Morgan fingerprint density at radius 2 is 2.42 bits per heavy atom. The molecule has 2 unspecified atom stereocenters. The highest BCUT2D eigenvalue weighted by Gasteiger charge is 2.23. The van der Waals surface area contributed by atoms with Gasteiger partial charge in [0.2, 0.25) is 0 Å². The van der Waals surface area contributed by atoms with E-state index in [1.165, 1.54) is 0 Å². The van der Waals surface area contributed by atoms with Gasteiger partial charge in [-0.25, -0.2) is 0 Å². The summed E-state index contributed by atoms with van der Waals surface area (Å²) >= 11 is 0. The van der Waals surface area contributed by atoms with E-state index < -0.39 is 0 Å².